The molecule has 0 bridgehead atoms. The number of ketones is 1. The van der Waals surface area contributed by atoms with Gasteiger partial charge in [-0.2, -0.15) is 0 Å². The van der Waals surface area contributed by atoms with E-state index < -0.39 is 10.3 Å². The standard InChI is InChI=1S/C25H29N3O5S/c1-13-12-26-24(34-13)27-22(31)6-4-15-10-21(30)25(2)8-7-16-17(23(15)25)5-3-14-9-20(29)19(28(32)33)11-18(14)16/h9,11-12,15-17,23,29H,3-8,10H2,1-2H3,(H,26,27,31). The molecule has 1 aromatic carbocycles. The van der Waals surface area contributed by atoms with Crippen LogP contribution in [0.1, 0.15) is 67.4 Å². The molecule has 9 heteroatoms. The quantitative estimate of drug-likeness (QED) is 0.449. The van der Waals surface area contributed by atoms with Crippen LogP contribution < -0.4 is 5.32 Å². The third-order valence-corrected chi connectivity index (χ3v) is 9.30. The predicted molar refractivity (Wildman–Crippen MR) is 128 cm³/mol. The Morgan fingerprint density at radius 3 is 2.88 bits per heavy atom. The number of carbonyl (C=O) groups excluding carboxylic acids is 2. The van der Waals surface area contributed by atoms with Gasteiger partial charge in [0.2, 0.25) is 5.91 Å². The van der Waals surface area contributed by atoms with Crippen molar-refractivity contribution in [2.75, 3.05) is 5.32 Å². The van der Waals surface area contributed by atoms with Gasteiger partial charge in [-0.15, -0.1) is 11.3 Å². The molecule has 1 aromatic heterocycles. The molecule has 3 aliphatic rings. The van der Waals surface area contributed by atoms with Gasteiger partial charge in [-0.3, -0.25) is 19.7 Å². The van der Waals surface area contributed by atoms with Crippen LogP contribution in [0.4, 0.5) is 10.8 Å². The van der Waals surface area contributed by atoms with Crippen molar-refractivity contribution in [1.29, 1.82) is 0 Å². The van der Waals surface area contributed by atoms with Gasteiger partial charge in [0.25, 0.3) is 0 Å². The van der Waals surface area contributed by atoms with Crippen molar-refractivity contribution in [1.82, 2.24) is 4.98 Å². The number of carbonyl (C=O) groups is 2. The summed E-state index contributed by atoms with van der Waals surface area (Å²) in [5.74, 6) is 0.607. The molecule has 5 atom stereocenters. The highest BCUT2D eigenvalue weighted by Gasteiger charge is 2.58. The van der Waals surface area contributed by atoms with Crippen LogP contribution in [0.5, 0.6) is 5.75 Å². The summed E-state index contributed by atoms with van der Waals surface area (Å²) in [7, 11) is 0. The van der Waals surface area contributed by atoms with E-state index in [-0.39, 0.29) is 41.0 Å². The number of rotatable bonds is 5. The van der Waals surface area contributed by atoms with E-state index in [1.807, 2.05) is 6.92 Å². The van der Waals surface area contributed by atoms with Crippen LogP contribution in [0.15, 0.2) is 18.3 Å². The van der Waals surface area contributed by atoms with Gasteiger partial charge in [0.1, 0.15) is 5.78 Å². The Hall–Kier alpha value is -2.81. The molecule has 1 heterocycles. The molecular formula is C25H29N3O5S. The Morgan fingerprint density at radius 2 is 2.18 bits per heavy atom. The summed E-state index contributed by atoms with van der Waals surface area (Å²) in [6.07, 6.45) is 6.42. The Bertz CT molecular complexity index is 1180. The largest absolute Gasteiger partial charge is 0.502 e. The van der Waals surface area contributed by atoms with Gasteiger partial charge in [-0.1, -0.05) is 6.92 Å². The van der Waals surface area contributed by atoms with E-state index in [0.29, 0.717) is 30.2 Å². The lowest BCUT2D eigenvalue weighted by atomic mass is 9.54. The number of aryl methyl sites for hydroxylation is 2. The molecule has 5 unspecified atom stereocenters. The van der Waals surface area contributed by atoms with Crippen molar-refractivity contribution >= 4 is 33.8 Å². The Morgan fingerprint density at radius 1 is 1.38 bits per heavy atom. The van der Waals surface area contributed by atoms with Crippen LogP contribution in [-0.4, -0.2) is 26.7 Å². The molecule has 0 spiro atoms. The van der Waals surface area contributed by atoms with Gasteiger partial charge in [0, 0.05) is 35.4 Å². The molecule has 2 saturated carbocycles. The summed E-state index contributed by atoms with van der Waals surface area (Å²) in [5, 5.41) is 25.0. The number of hydrogen-bond donors (Lipinski definition) is 2. The van der Waals surface area contributed by atoms with Crippen molar-refractivity contribution in [3.8, 4) is 5.75 Å². The van der Waals surface area contributed by atoms with Crippen LogP contribution in [0.25, 0.3) is 0 Å². The highest BCUT2D eigenvalue weighted by atomic mass is 32.1. The number of phenolic OH excluding ortho intramolecular Hbond substituents is 1. The van der Waals surface area contributed by atoms with Gasteiger partial charge in [-0.05, 0) is 79.9 Å². The maximum Gasteiger partial charge on any atom is 0.310 e. The van der Waals surface area contributed by atoms with Crippen molar-refractivity contribution in [3.05, 3.63) is 44.4 Å². The highest BCUT2D eigenvalue weighted by molar-refractivity contribution is 7.15. The molecule has 180 valence electrons. The summed E-state index contributed by atoms with van der Waals surface area (Å²) >= 11 is 1.44. The smallest absolute Gasteiger partial charge is 0.310 e. The summed E-state index contributed by atoms with van der Waals surface area (Å²) in [6.45, 7) is 4.03. The number of nitrogens with zero attached hydrogens (tertiary/aromatic N) is 2. The van der Waals surface area contributed by atoms with Crippen LogP contribution in [-0.2, 0) is 16.0 Å². The van der Waals surface area contributed by atoms with Crippen LogP contribution >= 0.6 is 11.3 Å². The second-order valence-corrected chi connectivity index (χ2v) is 11.6. The number of aromatic hydroxyl groups is 1. The van der Waals surface area contributed by atoms with E-state index in [2.05, 4.69) is 17.2 Å². The molecule has 0 radical (unpaired) electrons. The van der Waals surface area contributed by atoms with Gasteiger partial charge < -0.3 is 10.4 Å². The second kappa shape index (κ2) is 8.45. The van der Waals surface area contributed by atoms with E-state index in [0.717, 1.165) is 41.7 Å². The minimum absolute atomic E-state index is 0.0807. The van der Waals surface area contributed by atoms with Crippen LogP contribution in [0.3, 0.4) is 0 Å². The number of hydrogen-bond acceptors (Lipinski definition) is 7. The lowest BCUT2D eigenvalue weighted by Gasteiger charge is -2.49. The maximum atomic E-state index is 13.2. The molecule has 1 amide bonds. The van der Waals surface area contributed by atoms with E-state index in [4.69, 9.17) is 0 Å². The van der Waals surface area contributed by atoms with Crippen molar-refractivity contribution in [3.63, 3.8) is 0 Å². The summed E-state index contributed by atoms with van der Waals surface area (Å²) in [5.41, 5.74) is 1.29. The third-order valence-electron chi connectivity index (χ3n) is 8.47. The van der Waals surface area contributed by atoms with Gasteiger partial charge in [0.05, 0.1) is 4.92 Å². The Labute approximate surface area is 201 Å². The first-order valence-electron chi connectivity index (χ1n) is 11.9. The molecule has 8 nitrogen and oxygen atoms in total. The average molecular weight is 484 g/mol. The van der Waals surface area contributed by atoms with E-state index >= 15 is 0 Å². The number of phenols is 1. The Balaban J connectivity index is 1.37. The van der Waals surface area contributed by atoms with E-state index in [1.165, 1.54) is 11.3 Å². The minimum Gasteiger partial charge on any atom is -0.502 e. The topological polar surface area (TPSA) is 122 Å². The molecule has 34 heavy (non-hydrogen) atoms. The fourth-order valence-electron chi connectivity index (χ4n) is 6.98. The fourth-order valence-corrected chi connectivity index (χ4v) is 7.66. The lowest BCUT2D eigenvalue weighted by Crippen LogP contribution is -2.44. The SMILES string of the molecule is Cc1cnc(NC(=O)CCC2CC(=O)C3(C)CCC4c5cc([N+](=O)[O-])c(O)cc5CCC4C23)s1. The molecule has 0 saturated heterocycles. The number of nitrogens with one attached hydrogen (secondary N) is 1. The predicted octanol–water partition coefficient (Wildman–Crippen LogP) is 5.14. The zero-order valence-electron chi connectivity index (χ0n) is 19.4. The lowest BCUT2D eigenvalue weighted by molar-refractivity contribution is -0.386. The average Bonchev–Trinajstić information content (AvgIpc) is 3.30. The van der Waals surface area contributed by atoms with Gasteiger partial charge >= 0.3 is 5.69 Å². The number of aromatic nitrogens is 1. The third kappa shape index (κ3) is 3.79. The normalized spacial score (nSPS) is 29.8. The number of nitro benzene ring substituents is 1. The number of amides is 1. The molecule has 2 aromatic rings. The molecular weight excluding hydrogens is 454 g/mol. The zero-order chi connectivity index (χ0) is 24.2. The number of nitro groups is 1. The van der Waals surface area contributed by atoms with E-state index in [9.17, 15) is 24.8 Å². The molecule has 3 aliphatic carbocycles. The number of benzene rings is 1. The molecule has 2 N–H and O–H groups in total. The fraction of sp³-hybridized carbons (Fsp3) is 0.560. The molecule has 2 fully saturated rings. The molecule has 5 rings (SSSR count). The summed E-state index contributed by atoms with van der Waals surface area (Å²) in [6, 6.07) is 3.11. The number of fused-ring (bicyclic) bond motifs is 5. The van der Waals surface area contributed by atoms with Crippen LogP contribution in [0, 0.1) is 40.2 Å². The first-order valence-corrected chi connectivity index (χ1v) is 12.7. The van der Waals surface area contributed by atoms with Crippen molar-refractivity contribution in [2.45, 2.75) is 64.7 Å². The maximum absolute atomic E-state index is 13.2. The van der Waals surface area contributed by atoms with Crippen LogP contribution in [0.2, 0.25) is 0 Å². The zero-order valence-corrected chi connectivity index (χ0v) is 20.2. The summed E-state index contributed by atoms with van der Waals surface area (Å²) in [4.78, 5) is 41.9. The number of Topliss-reactive ketones (excluding diaryl/α,β-unsaturated/α-hetero) is 1. The van der Waals surface area contributed by atoms with Gasteiger partial charge in [-0.25, -0.2) is 4.98 Å². The minimum atomic E-state index is -0.531. The van der Waals surface area contributed by atoms with E-state index in [1.54, 1.807) is 18.3 Å². The highest BCUT2D eigenvalue weighted by Crippen LogP contribution is 2.62. The number of anilines is 1. The summed E-state index contributed by atoms with van der Waals surface area (Å²) < 4.78 is 0. The van der Waals surface area contributed by atoms with Gasteiger partial charge in [0.15, 0.2) is 10.9 Å². The Kier molecular flexibility index (Phi) is 5.70. The first kappa shape index (κ1) is 23.0. The first-order chi connectivity index (χ1) is 16.2. The van der Waals surface area contributed by atoms with Crippen molar-refractivity contribution < 1.29 is 19.6 Å². The number of thiazole rings is 1. The second-order valence-electron chi connectivity index (χ2n) is 10.3. The van der Waals surface area contributed by atoms with Crippen molar-refractivity contribution in [2.24, 2.45) is 23.2 Å². The monoisotopic (exact) mass is 483 g/mol. The molecule has 0 aliphatic heterocycles.